The van der Waals surface area contributed by atoms with Crippen molar-refractivity contribution in [3.63, 3.8) is 0 Å². The topological polar surface area (TPSA) is 69.1 Å². The van der Waals surface area contributed by atoms with Crippen molar-refractivity contribution in [1.29, 1.82) is 0 Å². The highest BCUT2D eigenvalue weighted by atomic mass is 127. The Morgan fingerprint density at radius 3 is 2.64 bits per heavy atom. The standard InChI is InChI=1S/C18H36N4O2.HI/c1-15-4-8-22(9-5-15)16(2)12-20-17(19-3)21-13-18(6-10-23)7-11-24-14-18;/h15-16,23H,4-14H2,1-3H3,(H2,19,20,21);1H. The average Bonchev–Trinajstić information content (AvgIpc) is 3.04. The smallest absolute Gasteiger partial charge is 0.191 e. The number of halogens is 1. The molecule has 25 heavy (non-hydrogen) atoms. The lowest BCUT2D eigenvalue weighted by Crippen LogP contribution is -2.49. The van der Waals surface area contributed by atoms with Gasteiger partial charge in [-0.15, -0.1) is 24.0 Å². The van der Waals surface area contributed by atoms with Crippen LogP contribution in [0.3, 0.4) is 0 Å². The number of hydrogen-bond acceptors (Lipinski definition) is 4. The van der Waals surface area contributed by atoms with E-state index in [1.165, 1.54) is 25.9 Å². The van der Waals surface area contributed by atoms with Gasteiger partial charge in [0, 0.05) is 44.8 Å². The summed E-state index contributed by atoms with van der Waals surface area (Å²) in [6, 6.07) is 0.511. The van der Waals surface area contributed by atoms with Crippen LogP contribution in [0.25, 0.3) is 0 Å². The number of nitrogens with zero attached hydrogens (tertiary/aromatic N) is 2. The zero-order valence-corrected chi connectivity index (χ0v) is 18.4. The Kier molecular flexibility index (Phi) is 10.6. The van der Waals surface area contributed by atoms with Gasteiger partial charge >= 0.3 is 0 Å². The molecule has 0 bridgehead atoms. The average molecular weight is 468 g/mol. The summed E-state index contributed by atoms with van der Waals surface area (Å²) in [6.45, 7) is 10.5. The Morgan fingerprint density at radius 1 is 1.36 bits per heavy atom. The maximum absolute atomic E-state index is 9.32. The minimum Gasteiger partial charge on any atom is -0.396 e. The quantitative estimate of drug-likeness (QED) is 0.302. The number of hydrogen-bond donors (Lipinski definition) is 3. The summed E-state index contributed by atoms with van der Waals surface area (Å²) in [5.41, 5.74) is 0.0427. The van der Waals surface area contributed by atoms with Crippen LogP contribution in [0, 0.1) is 11.3 Å². The molecule has 7 heteroatoms. The van der Waals surface area contributed by atoms with Gasteiger partial charge in [0.05, 0.1) is 6.61 Å². The van der Waals surface area contributed by atoms with E-state index in [1.807, 2.05) is 7.05 Å². The predicted octanol–water partition coefficient (Wildman–Crippen LogP) is 1.68. The lowest BCUT2D eigenvalue weighted by Gasteiger charge is -2.35. The first-order chi connectivity index (χ1) is 11.6. The van der Waals surface area contributed by atoms with Gasteiger partial charge in [-0.1, -0.05) is 6.92 Å². The molecule has 0 aromatic carbocycles. The van der Waals surface area contributed by atoms with E-state index in [4.69, 9.17) is 4.74 Å². The molecule has 2 saturated heterocycles. The number of aliphatic imine (C=N–C) groups is 1. The number of guanidine groups is 1. The van der Waals surface area contributed by atoms with E-state index in [-0.39, 0.29) is 36.0 Å². The van der Waals surface area contributed by atoms with Crippen molar-refractivity contribution in [2.24, 2.45) is 16.3 Å². The third-order valence-corrected chi connectivity index (χ3v) is 5.69. The van der Waals surface area contributed by atoms with Crippen LogP contribution in [0.2, 0.25) is 0 Å². The maximum Gasteiger partial charge on any atom is 0.191 e. The Balaban J connectivity index is 0.00000312. The second-order valence-electron chi connectivity index (χ2n) is 7.65. The maximum atomic E-state index is 9.32. The van der Waals surface area contributed by atoms with Crippen LogP contribution < -0.4 is 10.6 Å². The summed E-state index contributed by atoms with van der Waals surface area (Å²) in [5.74, 6) is 1.71. The van der Waals surface area contributed by atoms with Gasteiger partial charge in [-0.2, -0.15) is 0 Å². The first-order valence-electron chi connectivity index (χ1n) is 9.46. The number of piperidine rings is 1. The molecule has 0 amide bonds. The number of nitrogens with one attached hydrogen (secondary N) is 2. The van der Waals surface area contributed by atoms with Gasteiger partial charge in [-0.3, -0.25) is 9.89 Å². The van der Waals surface area contributed by atoms with E-state index in [0.717, 1.165) is 51.0 Å². The summed E-state index contributed by atoms with van der Waals surface area (Å²) in [6.07, 6.45) is 4.39. The van der Waals surface area contributed by atoms with Crippen molar-refractivity contribution in [2.45, 2.75) is 45.6 Å². The molecule has 0 spiro atoms. The minimum absolute atomic E-state index is 0. The van der Waals surface area contributed by atoms with Gasteiger partial charge in [0.2, 0.25) is 0 Å². The SMILES string of the molecule is CN=C(NCC(C)N1CCC(C)CC1)NCC1(CCO)CCOC1.I. The first kappa shape index (κ1) is 22.9. The van der Waals surface area contributed by atoms with Crippen molar-refractivity contribution < 1.29 is 9.84 Å². The van der Waals surface area contributed by atoms with E-state index in [0.29, 0.717) is 6.04 Å². The normalized spacial score (nSPS) is 27.0. The van der Waals surface area contributed by atoms with Crippen LogP contribution in [-0.4, -0.2) is 75.1 Å². The monoisotopic (exact) mass is 468 g/mol. The number of rotatable bonds is 7. The van der Waals surface area contributed by atoms with Gasteiger partial charge < -0.3 is 20.5 Å². The number of aliphatic hydroxyl groups is 1. The molecule has 0 aromatic heterocycles. The molecule has 0 saturated carbocycles. The molecule has 3 N–H and O–H groups in total. The molecule has 2 heterocycles. The molecular formula is C18H37IN4O2. The highest BCUT2D eigenvalue weighted by Gasteiger charge is 2.34. The Bertz CT molecular complexity index is 395. The second kappa shape index (κ2) is 11.6. The van der Waals surface area contributed by atoms with Crippen molar-refractivity contribution in [1.82, 2.24) is 15.5 Å². The van der Waals surface area contributed by atoms with Crippen LogP contribution in [-0.2, 0) is 4.74 Å². The first-order valence-corrected chi connectivity index (χ1v) is 9.46. The minimum atomic E-state index is 0. The lowest BCUT2D eigenvalue weighted by atomic mass is 9.84. The molecule has 2 aliphatic rings. The van der Waals surface area contributed by atoms with Gasteiger partial charge in [-0.25, -0.2) is 0 Å². The molecule has 148 valence electrons. The zero-order chi connectivity index (χ0) is 17.4. The highest BCUT2D eigenvalue weighted by Crippen LogP contribution is 2.31. The zero-order valence-electron chi connectivity index (χ0n) is 16.1. The molecular weight excluding hydrogens is 431 g/mol. The summed E-state index contributed by atoms with van der Waals surface area (Å²) >= 11 is 0. The predicted molar refractivity (Wildman–Crippen MR) is 114 cm³/mol. The van der Waals surface area contributed by atoms with Crippen LogP contribution in [0.5, 0.6) is 0 Å². The molecule has 6 nitrogen and oxygen atoms in total. The molecule has 0 radical (unpaired) electrons. The number of aliphatic hydroxyl groups excluding tert-OH is 1. The molecule has 2 fully saturated rings. The Morgan fingerprint density at radius 2 is 2.08 bits per heavy atom. The largest absolute Gasteiger partial charge is 0.396 e. The highest BCUT2D eigenvalue weighted by molar-refractivity contribution is 14.0. The summed E-state index contributed by atoms with van der Waals surface area (Å²) < 4.78 is 5.55. The molecule has 2 unspecified atom stereocenters. The van der Waals surface area contributed by atoms with Gasteiger partial charge in [0.1, 0.15) is 0 Å². The summed E-state index contributed by atoms with van der Waals surface area (Å²) in [7, 11) is 1.81. The molecule has 0 aromatic rings. The fraction of sp³-hybridized carbons (Fsp3) is 0.944. The van der Waals surface area contributed by atoms with Crippen LogP contribution in [0.4, 0.5) is 0 Å². The van der Waals surface area contributed by atoms with Gasteiger partial charge in [0.15, 0.2) is 5.96 Å². The fourth-order valence-corrected chi connectivity index (χ4v) is 3.65. The van der Waals surface area contributed by atoms with Crippen molar-refractivity contribution >= 4 is 29.9 Å². The van der Waals surface area contributed by atoms with Crippen molar-refractivity contribution in [3.8, 4) is 0 Å². The van der Waals surface area contributed by atoms with E-state index >= 15 is 0 Å². The van der Waals surface area contributed by atoms with Crippen LogP contribution >= 0.6 is 24.0 Å². The molecule has 2 aliphatic heterocycles. The van der Waals surface area contributed by atoms with E-state index in [9.17, 15) is 5.11 Å². The van der Waals surface area contributed by atoms with E-state index in [1.54, 1.807) is 0 Å². The van der Waals surface area contributed by atoms with E-state index in [2.05, 4.69) is 34.4 Å². The lowest BCUT2D eigenvalue weighted by molar-refractivity contribution is 0.127. The number of likely N-dealkylation sites (tertiary alicyclic amines) is 1. The fourth-order valence-electron chi connectivity index (χ4n) is 3.65. The van der Waals surface area contributed by atoms with Gasteiger partial charge in [-0.05, 0) is 51.6 Å². The Labute approximate surface area is 170 Å². The van der Waals surface area contributed by atoms with Crippen LogP contribution in [0.1, 0.15) is 39.5 Å². The van der Waals surface area contributed by atoms with E-state index < -0.39 is 0 Å². The third kappa shape index (κ3) is 7.19. The molecule has 2 atom stereocenters. The van der Waals surface area contributed by atoms with Crippen molar-refractivity contribution in [3.05, 3.63) is 0 Å². The number of ether oxygens (including phenoxy) is 1. The van der Waals surface area contributed by atoms with Crippen molar-refractivity contribution in [2.75, 3.05) is 53.0 Å². The third-order valence-electron chi connectivity index (χ3n) is 5.69. The summed E-state index contributed by atoms with van der Waals surface area (Å²) in [5, 5.41) is 16.2. The van der Waals surface area contributed by atoms with Gasteiger partial charge in [0.25, 0.3) is 0 Å². The molecule has 0 aliphatic carbocycles. The van der Waals surface area contributed by atoms with Crippen LogP contribution in [0.15, 0.2) is 4.99 Å². The second-order valence-corrected chi connectivity index (χ2v) is 7.65. The molecule has 2 rings (SSSR count). The Hall–Kier alpha value is -0.120. The summed E-state index contributed by atoms with van der Waals surface area (Å²) in [4.78, 5) is 6.91.